The van der Waals surface area contributed by atoms with E-state index in [0.29, 0.717) is 0 Å². The summed E-state index contributed by atoms with van der Waals surface area (Å²) in [5.74, 6) is 0. The Morgan fingerprint density at radius 2 is 0.606 bits per heavy atom. The first-order chi connectivity index (χ1) is 16.0. The van der Waals surface area contributed by atoms with E-state index in [1.54, 1.807) is 0 Å². The number of hydrogen-bond donors (Lipinski definition) is 0. The fourth-order valence-electron chi connectivity index (χ4n) is 4.22. The molecule has 0 aliphatic carbocycles. The Kier molecular flexibility index (Phi) is 9.87. The lowest BCUT2D eigenvalue weighted by molar-refractivity contribution is -0.479. The second-order valence-corrected chi connectivity index (χ2v) is 12.2. The molecule has 0 atom stereocenters. The van der Waals surface area contributed by atoms with E-state index in [0.717, 1.165) is 0 Å². The standard InChI is InChI=1S/C28H28P.BO3/c1-5-13-25(14-6-1)21-29(22-26-15-7-2-8-16-26,23-27-17-9-3-10-18-27)24-28-19-11-4-12-20-28;2-1(3)4/h1-20H,21-24H2;/q+1;-3/p+2. The third-order valence-electron chi connectivity index (χ3n) is 5.44. The summed E-state index contributed by atoms with van der Waals surface area (Å²) in [5.41, 5.74) is 5.85. The van der Waals surface area contributed by atoms with Gasteiger partial charge in [0.05, 0.1) is 24.6 Å². The Hall–Kier alpha value is -2.75. The van der Waals surface area contributed by atoms with E-state index in [2.05, 4.69) is 121 Å². The zero-order valence-electron chi connectivity index (χ0n) is 20.6. The predicted octanol–water partition coefficient (Wildman–Crippen LogP) is 4.08. The van der Waals surface area contributed by atoms with Gasteiger partial charge in [-0.2, -0.15) is 0 Å². The minimum absolute atomic E-state index is 0. The average Bonchev–Trinajstić information content (AvgIpc) is 2.81. The van der Waals surface area contributed by atoms with Gasteiger partial charge in [-0.25, -0.2) is 0 Å². The molecule has 0 aliphatic rings. The molecule has 0 N–H and O–H groups in total. The molecule has 0 radical (unpaired) electrons. The van der Waals surface area contributed by atoms with Gasteiger partial charge in [0.2, 0.25) is 0 Å². The number of hydrogen-bond acceptors (Lipinski definition) is 3. The van der Waals surface area contributed by atoms with Crippen molar-refractivity contribution in [3.63, 3.8) is 0 Å². The van der Waals surface area contributed by atoms with Crippen molar-refractivity contribution >= 4 is 14.6 Å². The predicted molar refractivity (Wildman–Crippen MR) is 135 cm³/mol. The van der Waals surface area contributed by atoms with Gasteiger partial charge in [-0.3, -0.25) is 7.32 Å². The first-order valence-electron chi connectivity index (χ1n) is 11.0. The maximum Gasteiger partial charge on any atom is 1.00 e. The van der Waals surface area contributed by atoms with Crippen molar-refractivity contribution in [1.29, 1.82) is 0 Å². The van der Waals surface area contributed by atoms with Crippen LogP contribution in [-0.2, 0) is 24.6 Å². The monoisotopic (exact) mass is 456 g/mol. The molecule has 4 rings (SSSR count). The van der Waals surface area contributed by atoms with Gasteiger partial charge in [0, 0.05) is 7.26 Å². The van der Waals surface area contributed by atoms with Crippen LogP contribution in [0.15, 0.2) is 121 Å². The highest BCUT2D eigenvalue weighted by Crippen LogP contribution is 2.68. The van der Waals surface area contributed by atoms with E-state index >= 15 is 0 Å². The molecule has 0 spiro atoms. The second-order valence-electron chi connectivity index (χ2n) is 8.21. The van der Waals surface area contributed by atoms with Crippen molar-refractivity contribution in [1.82, 2.24) is 0 Å². The SMILES string of the molecule is [H+].[H+].[O-]B([O-])[O-].c1ccc(C[P+](Cc2ccccc2)(Cc2ccccc2)Cc2ccccc2)cc1. The van der Waals surface area contributed by atoms with Gasteiger partial charge in [-0.15, -0.1) is 0 Å². The molecule has 3 nitrogen and oxygen atoms in total. The van der Waals surface area contributed by atoms with Gasteiger partial charge in [0.15, 0.2) is 0 Å². The Balaban J connectivity index is 0.000000950. The van der Waals surface area contributed by atoms with E-state index in [9.17, 15) is 0 Å². The molecule has 0 fully saturated rings. The van der Waals surface area contributed by atoms with Crippen LogP contribution in [0, 0.1) is 0 Å². The molecule has 4 aromatic carbocycles. The fraction of sp³-hybridized carbons (Fsp3) is 0.143. The lowest BCUT2D eigenvalue weighted by Crippen LogP contribution is -2.56. The van der Waals surface area contributed by atoms with E-state index in [-0.39, 0.29) is 2.85 Å². The summed E-state index contributed by atoms with van der Waals surface area (Å²) >= 11 is 0. The van der Waals surface area contributed by atoms with E-state index < -0.39 is 14.6 Å². The normalized spacial score (nSPS) is 10.8. The summed E-state index contributed by atoms with van der Waals surface area (Å²) in [6.45, 7) is 0. The molecular formula is C28H30BO3P. The molecule has 0 saturated carbocycles. The Bertz CT molecular complexity index is 882. The first kappa shape index (κ1) is 24.9. The maximum absolute atomic E-state index is 8.42. The lowest BCUT2D eigenvalue weighted by atomic mass is 10.2. The van der Waals surface area contributed by atoms with Crippen molar-refractivity contribution in [2.45, 2.75) is 24.6 Å². The topological polar surface area (TPSA) is 69.2 Å². The van der Waals surface area contributed by atoms with E-state index in [1.807, 2.05) is 0 Å². The van der Waals surface area contributed by atoms with Gasteiger partial charge in [0.1, 0.15) is 0 Å². The number of rotatable bonds is 8. The quantitative estimate of drug-likeness (QED) is 0.296. The van der Waals surface area contributed by atoms with Crippen molar-refractivity contribution in [2.75, 3.05) is 0 Å². The fourth-order valence-corrected chi connectivity index (χ4v) is 8.83. The van der Waals surface area contributed by atoms with Crippen LogP contribution in [0.5, 0.6) is 0 Å². The molecule has 4 aromatic rings. The van der Waals surface area contributed by atoms with Crippen molar-refractivity contribution in [3.8, 4) is 0 Å². The van der Waals surface area contributed by atoms with Gasteiger partial charge >= 0.3 is 2.85 Å². The summed E-state index contributed by atoms with van der Waals surface area (Å²) in [4.78, 5) is 0. The zero-order chi connectivity index (χ0) is 23.4. The van der Waals surface area contributed by atoms with Crippen LogP contribution in [0.25, 0.3) is 0 Å². The van der Waals surface area contributed by atoms with Gasteiger partial charge in [-0.1, -0.05) is 121 Å². The van der Waals surface area contributed by atoms with Crippen LogP contribution >= 0.6 is 7.26 Å². The Morgan fingerprint density at radius 1 is 0.424 bits per heavy atom. The smallest absolute Gasteiger partial charge is 0.907 e. The van der Waals surface area contributed by atoms with Crippen LogP contribution in [0.4, 0.5) is 0 Å². The third-order valence-corrected chi connectivity index (χ3v) is 9.59. The Morgan fingerprint density at radius 3 is 0.788 bits per heavy atom. The molecule has 0 heterocycles. The van der Waals surface area contributed by atoms with Crippen LogP contribution in [0.3, 0.4) is 0 Å². The summed E-state index contributed by atoms with van der Waals surface area (Å²) in [6, 6.07) is 44.3. The first-order valence-corrected chi connectivity index (χ1v) is 13.6. The minimum atomic E-state index is -2.92. The lowest BCUT2D eigenvalue weighted by Gasteiger charge is -2.35. The number of benzene rings is 4. The molecule has 0 bridgehead atoms. The molecular weight excluding hydrogens is 426 g/mol. The summed E-state index contributed by atoms with van der Waals surface area (Å²) in [6.07, 6.45) is 4.69. The van der Waals surface area contributed by atoms with Crippen LogP contribution in [0.1, 0.15) is 25.1 Å². The third kappa shape index (κ3) is 8.96. The Labute approximate surface area is 200 Å². The molecule has 0 unspecified atom stereocenters. The van der Waals surface area contributed by atoms with E-state index in [4.69, 9.17) is 15.1 Å². The van der Waals surface area contributed by atoms with Crippen molar-refractivity contribution < 1.29 is 17.9 Å². The van der Waals surface area contributed by atoms with Gasteiger partial charge in [-0.05, 0) is 22.3 Å². The summed E-state index contributed by atoms with van der Waals surface area (Å²) in [7, 11) is -4.30. The second kappa shape index (κ2) is 13.1. The van der Waals surface area contributed by atoms with Gasteiger partial charge in [0.25, 0.3) is 0 Å². The highest BCUT2D eigenvalue weighted by Gasteiger charge is 2.38. The molecule has 0 saturated heterocycles. The molecule has 0 aromatic heterocycles. The van der Waals surface area contributed by atoms with Crippen molar-refractivity contribution in [2.24, 2.45) is 0 Å². The molecule has 0 aliphatic heterocycles. The van der Waals surface area contributed by atoms with E-state index in [1.165, 1.54) is 46.9 Å². The van der Waals surface area contributed by atoms with Crippen molar-refractivity contribution in [3.05, 3.63) is 144 Å². The average molecular weight is 456 g/mol. The highest BCUT2D eigenvalue weighted by atomic mass is 31.2. The van der Waals surface area contributed by atoms with Crippen LogP contribution in [0.2, 0.25) is 0 Å². The highest BCUT2D eigenvalue weighted by molar-refractivity contribution is 7.72. The summed E-state index contributed by atoms with van der Waals surface area (Å²) in [5, 5.41) is 25.2. The largest absolute Gasteiger partial charge is 1.00 e. The zero-order valence-corrected chi connectivity index (χ0v) is 19.5. The minimum Gasteiger partial charge on any atom is -0.907 e. The summed E-state index contributed by atoms with van der Waals surface area (Å²) < 4.78 is 0. The molecule has 5 heteroatoms. The van der Waals surface area contributed by atoms with Gasteiger partial charge < -0.3 is 15.1 Å². The molecule has 168 valence electrons. The van der Waals surface area contributed by atoms with Crippen LogP contribution < -0.4 is 15.1 Å². The van der Waals surface area contributed by atoms with Crippen LogP contribution in [-0.4, -0.2) is 7.32 Å². The maximum atomic E-state index is 8.42. The molecule has 33 heavy (non-hydrogen) atoms. The molecule has 0 amide bonds.